The molecule has 1 fully saturated rings. The third-order valence-electron chi connectivity index (χ3n) is 3.59. The van der Waals surface area contributed by atoms with E-state index in [4.69, 9.17) is 4.74 Å². The van der Waals surface area contributed by atoms with Crippen LogP contribution in [0.25, 0.3) is 0 Å². The van der Waals surface area contributed by atoms with Crippen molar-refractivity contribution in [1.82, 2.24) is 10.6 Å². The van der Waals surface area contributed by atoms with Crippen molar-refractivity contribution in [3.8, 4) is 0 Å². The van der Waals surface area contributed by atoms with Crippen LogP contribution in [0.1, 0.15) is 18.9 Å². The average Bonchev–Trinajstić information content (AvgIpc) is 2.58. The Bertz CT molecular complexity index is 579. The molecule has 1 saturated heterocycles. The van der Waals surface area contributed by atoms with Gasteiger partial charge in [-0.25, -0.2) is 4.79 Å². The Kier molecular flexibility index (Phi) is 7.11. The van der Waals surface area contributed by atoms with E-state index in [1.54, 1.807) is 6.92 Å². The smallest absolute Gasteiger partial charge is 0.329 e. The predicted octanol–water partition coefficient (Wildman–Crippen LogP) is 0.899. The molecule has 2 amide bonds. The number of ether oxygens (including phenoxy) is 1. The molecule has 0 radical (unpaired) electrons. The molecule has 6 nitrogen and oxygen atoms in total. The van der Waals surface area contributed by atoms with Crippen molar-refractivity contribution < 1.29 is 19.1 Å². The first-order valence-electron chi connectivity index (χ1n) is 7.99. The van der Waals surface area contributed by atoms with E-state index >= 15 is 0 Å². The highest BCUT2D eigenvalue weighted by Crippen LogP contribution is 2.21. The number of thioether (sulfide) groups is 1. The second-order valence-corrected chi connectivity index (χ2v) is 6.66. The molecule has 1 aliphatic rings. The Morgan fingerprint density at radius 3 is 2.75 bits per heavy atom. The Hall–Kier alpha value is -2.02. The van der Waals surface area contributed by atoms with Gasteiger partial charge < -0.3 is 15.4 Å². The van der Waals surface area contributed by atoms with Crippen LogP contribution in [0, 0.1) is 0 Å². The first-order valence-corrected chi connectivity index (χ1v) is 9.04. The van der Waals surface area contributed by atoms with E-state index in [9.17, 15) is 14.4 Å². The minimum atomic E-state index is -0.625. The van der Waals surface area contributed by atoms with E-state index in [2.05, 4.69) is 10.6 Å². The third kappa shape index (κ3) is 5.56. The summed E-state index contributed by atoms with van der Waals surface area (Å²) in [6.45, 7) is 2.54. The lowest BCUT2D eigenvalue weighted by Crippen LogP contribution is -2.52. The summed E-state index contributed by atoms with van der Waals surface area (Å²) in [4.78, 5) is 35.6. The zero-order valence-electron chi connectivity index (χ0n) is 13.6. The summed E-state index contributed by atoms with van der Waals surface area (Å²) in [5, 5.41) is 4.99. The summed E-state index contributed by atoms with van der Waals surface area (Å²) < 4.78 is 4.89. The minimum Gasteiger partial charge on any atom is -0.464 e. The van der Waals surface area contributed by atoms with E-state index < -0.39 is 17.3 Å². The zero-order valence-corrected chi connectivity index (χ0v) is 14.4. The molecule has 130 valence electrons. The van der Waals surface area contributed by atoms with E-state index in [1.165, 1.54) is 11.8 Å². The highest BCUT2D eigenvalue weighted by Gasteiger charge is 2.34. The van der Waals surface area contributed by atoms with Gasteiger partial charge in [-0.2, -0.15) is 0 Å². The first-order chi connectivity index (χ1) is 11.6. The molecule has 2 rings (SSSR count). The summed E-state index contributed by atoms with van der Waals surface area (Å²) in [5.74, 6) is -0.452. The van der Waals surface area contributed by atoms with E-state index in [-0.39, 0.29) is 24.8 Å². The van der Waals surface area contributed by atoms with Gasteiger partial charge in [0.25, 0.3) is 0 Å². The maximum atomic E-state index is 12.0. The fourth-order valence-corrected chi connectivity index (χ4v) is 3.48. The SMILES string of the molecule is CCOC(=O)[C@H]1CS[C@H](CC(=O)NCCc2ccccc2)C(=O)N1. The van der Waals surface area contributed by atoms with Crippen LogP contribution in [0.5, 0.6) is 0 Å². The Labute approximate surface area is 145 Å². The summed E-state index contributed by atoms with van der Waals surface area (Å²) in [7, 11) is 0. The summed E-state index contributed by atoms with van der Waals surface area (Å²) >= 11 is 1.32. The van der Waals surface area contributed by atoms with Gasteiger partial charge >= 0.3 is 5.97 Å². The zero-order chi connectivity index (χ0) is 17.4. The summed E-state index contributed by atoms with van der Waals surface area (Å²) in [6.07, 6.45) is 0.863. The highest BCUT2D eigenvalue weighted by molar-refractivity contribution is 8.00. The van der Waals surface area contributed by atoms with Crippen LogP contribution in [0.15, 0.2) is 30.3 Å². The molecule has 1 aromatic rings. The van der Waals surface area contributed by atoms with E-state index in [0.29, 0.717) is 12.3 Å². The van der Waals surface area contributed by atoms with Crippen molar-refractivity contribution in [3.63, 3.8) is 0 Å². The van der Waals surface area contributed by atoms with Crippen molar-refractivity contribution >= 4 is 29.5 Å². The maximum Gasteiger partial charge on any atom is 0.329 e. The van der Waals surface area contributed by atoms with Crippen molar-refractivity contribution in [2.45, 2.75) is 31.1 Å². The van der Waals surface area contributed by atoms with Gasteiger partial charge in [-0.3, -0.25) is 9.59 Å². The monoisotopic (exact) mass is 350 g/mol. The Balaban J connectivity index is 1.70. The fourth-order valence-electron chi connectivity index (χ4n) is 2.35. The van der Waals surface area contributed by atoms with Gasteiger partial charge in [-0.1, -0.05) is 30.3 Å². The van der Waals surface area contributed by atoms with E-state index in [1.807, 2.05) is 30.3 Å². The first kappa shape index (κ1) is 18.3. The fraction of sp³-hybridized carbons (Fsp3) is 0.471. The van der Waals surface area contributed by atoms with Crippen LogP contribution in [0.2, 0.25) is 0 Å². The molecular formula is C17H22N2O4S. The molecule has 24 heavy (non-hydrogen) atoms. The molecule has 1 heterocycles. The number of nitrogens with one attached hydrogen (secondary N) is 2. The molecular weight excluding hydrogens is 328 g/mol. The van der Waals surface area contributed by atoms with Gasteiger partial charge in [0.05, 0.1) is 11.9 Å². The maximum absolute atomic E-state index is 12.0. The van der Waals surface area contributed by atoms with Gasteiger partial charge in [0.15, 0.2) is 0 Å². The van der Waals surface area contributed by atoms with Crippen LogP contribution in [-0.4, -0.2) is 48.0 Å². The van der Waals surface area contributed by atoms with Crippen LogP contribution in [0.3, 0.4) is 0 Å². The lowest BCUT2D eigenvalue weighted by molar-refractivity contribution is -0.146. The highest BCUT2D eigenvalue weighted by atomic mass is 32.2. The molecule has 0 saturated carbocycles. The Morgan fingerprint density at radius 2 is 2.08 bits per heavy atom. The number of carbonyl (C=O) groups excluding carboxylic acids is 3. The second-order valence-electron chi connectivity index (χ2n) is 5.42. The molecule has 1 aromatic carbocycles. The summed E-state index contributed by atoms with van der Waals surface area (Å²) in [6, 6.07) is 9.25. The standard InChI is InChI=1S/C17H22N2O4S/c1-2-23-17(22)13-11-24-14(16(21)19-13)10-15(20)18-9-8-12-6-4-3-5-7-12/h3-7,13-14H,2,8-11H2,1H3,(H,18,20)(H,19,21)/t13-,14-/m1/s1. The number of hydrogen-bond acceptors (Lipinski definition) is 5. The topological polar surface area (TPSA) is 84.5 Å². The van der Waals surface area contributed by atoms with Gasteiger partial charge in [0.2, 0.25) is 11.8 Å². The van der Waals surface area contributed by atoms with Crippen LogP contribution in [-0.2, 0) is 25.5 Å². The molecule has 7 heteroatoms. The number of hydrogen-bond donors (Lipinski definition) is 2. The average molecular weight is 350 g/mol. The van der Waals surface area contributed by atoms with Crippen molar-refractivity contribution in [2.24, 2.45) is 0 Å². The Morgan fingerprint density at radius 1 is 1.33 bits per heavy atom. The van der Waals surface area contributed by atoms with Crippen molar-refractivity contribution in [3.05, 3.63) is 35.9 Å². The second kappa shape index (κ2) is 9.32. The number of benzene rings is 1. The van der Waals surface area contributed by atoms with Crippen LogP contribution in [0.4, 0.5) is 0 Å². The molecule has 2 atom stereocenters. The molecule has 0 aliphatic carbocycles. The molecule has 2 N–H and O–H groups in total. The molecule has 0 unspecified atom stereocenters. The van der Waals surface area contributed by atoms with Gasteiger partial charge in [0.1, 0.15) is 6.04 Å². The number of carbonyl (C=O) groups is 3. The minimum absolute atomic E-state index is 0.112. The van der Waals surface area contributed by atoms with E-state index in [0.717, 1.165) is 12.0 Å². The van der Waals surface area contributed by atoms with Gasteiger partial charge in [-0.05, 0) is 18.9 Å². The van der Waals surface area contributed by atoms with Gasteiger partial charge in [0, 0.05) is 18.7 Å². The largest absolute Gasteiger partial charge is 0.464 e. The summed E-state index contributed by atoms with van der Waals surface area (Å²) in [5.41, 5.74) is 1.15. The third-order valence-corrected chi connectivity index (χ3v) is 4.90. The van der Waals surface area contributed by atoms with Gasteiger partial charge in [-0.15, -0.1) is 11.8 Å². The molecule has 0 spiro atoms. The van der Waals surface area contributed by atoms with Crippen molar-refractivity contribution in [2.75, 3.05) is 18.9 Å². The normalized spacial score (nSPS) is 20.1. The number of esters is 1. The number of rotatable bonds is 7. The number of amides is 2. The lowest BCUT2D eigenvalue weighted by Gasteiger charge is -2.27. The quantitative estimate of drug-likeness (QED) is 0.714. The lowest BCUT2D eigenvalue weighted by atomic mass is 10.1. The molecule has 1 aliphatic heterocycles. The van der Waals surface area contributed by atoms with Crippen molar-refractivity contribution in [1.29, 1.82) is 0 Å². The van der Waals surface area contributed by atoms with Crippen LogP contribution < -0.4 is 10.6 Å². The predicted molar refractivity (Wildman–Crippen MR) is 92.6 cm³/mol. The molecule has 0 bridgehead atoms. The van der Waals surface area contributed by atoms with Crippen LogP contribution >= 0.6 is 11.8 Å². The molecule has 0 aromatic heterocycles.